The fourth-order valence-corrected chi connectivity index (χ4v) is 1.56. The van der Waals surface area contributed by atoms with Crippen molar-refractivity contribution < 1.29 is 0 Å². The molecule has 0 aliphatic rings. The normalized spacial score (nSPS) is 10.7. The van der Waals surface area contributed by atoms with E-state index >= 15 is 0 Å². The van der Waals surface area contributed by atoms with Crippen molar-refractivity contribution in [3.63, 3.8) is 0 Å². The van der Waals surface area contributed by atoms with Gasteiger partial charge in [-0.3, -0.25) is 4.68 Å². The van der Waals surface area contributed by atoms with Gasteiger partial charge in [-0.2, -0.15) is 5.10 Å². The highest BCUT2D eigenvalue weighted by atomic mass is 15.3. The highest BCUT2D eigenvalue weighted by molar-refractivity contribution is 5.61. The molecule has 0 saturated carbocycles. The van der Waals surface area contributed by atoms with Gasteiger partial charge in [-0.1, -0.05) is 0 Å². The summed E-state index contributed by atoms with van der Waals surface area (Å²) in [5, 5.41) is 7.50. The summed E-state index contributed by atoms with van der Waals surface area (Å²) in [6.45, 7) is 0.787. The molecule has 0 aliphatic heterocycles. The maximum atomic E-state index is 4.39. The lowest BCUT2D eigenvalue weighted by molar-refractivity contribution is 0.712. The molecule has 4 nitrogen and oxygen atoms in total. The molecule has 0 fully saturated rings. The molecule has 74 valence electrons. The average Bonchev–Trinajstić information content (AvgIpc) is 2.74. The molecular weight excluding hydrogens is 176 g/mol. The summed E-state index contributed by atoms with van der Waals surface area (Å²) in [6, 6.07) is 4.04. The first kappa shape index (κ1) is 9.02. The molecule has 0 spiro atoms. The lowest BCUT2D eigenvalue weighted by atomic mass is 10.2. The van der Waals surface area contributed by atoms with Crippen LogP contribution < -0.4 is 5.32 Å². The number of aromatic nitrogens is 3. The largest absolute Gasteiger partial charge is 0.361 e. The highest BCUT2D eigenvalue weighted by Gasteiger charge is 2.08. The minimum atomic E-state index is 0.787. The van der Waals surface area contributed by atoms with Crippen LogP contribution in [0.15, 0.2) is 24.5 Å². The van der Waals surface area contributed by atoms with Gasteiger partial charge >= 0.3 is 0 Å². The van der Waals surface area contributed by atoms with Crippen LogP contribution in [0.5, 0.6) is 0 Å². The standard InChI is InChI=1S/C10H14N4/c1-11-6-10-8(7-14(2)13-10)9-4-3-5-12-9/h3-5,7,11-12H,6H2,1-2H3. The Balaban J connectivity index is 2.41. The Morgan fingerprint density at radius 1 is 1.57 bits per heavy atom. The van der Waals surface area contributed by atoms with Crippen molar-refractivity contribution in [2.24, 2.45) is 7.05 Å². The molecule has 0 amide bonds. The minimum absolute atomic E-state index is 0.787. The Morgan fingerprint density at radius 3 is 3.07 bits per heavy atom. The van der Waals surface area contributed by atoms with Gasteiger partial charge in [0.05, 0.1) is 5.69 Å². The van der Waals surface area contributed by atoms with Gasteiger partial charge in [0.2, 0.25) is 0 Å². The van der Waals surface area contributed by atoms with E-state index in [1.165, 1.54) is 0 Å². The summed E-state index contributed by atoms with van der Waals surface area (Å²) < 4.78 is 1.84. The molecule has 0 unspecified atom stereocenters. The summed E-state index contributed by atoms with van der Waals surface area (Å²) >= 11 is 0. The van der Waals surface area contributed by atoms with Crippen molar-refractivity contribution >= 4 is 0 Å². The second kappa shape index (κ2) is 3.67. The molecule has 2 N–H and O–H groups in total. The van der Waals surface area contributed by atoms with Gasteiger partial charge in [-0.05, 0) is 19.2 Å². The predicted molar refractivity (Wildman–Crippen MR) is 55.8 cm³/mol. The number of nitrogens with zero attached hydrogens (tertiary/aromatic N) is 2. The second-order valence-electron chi connectivity index (χ2n) is 3.28. The molecule has 0 aliphatic carbocycles. The van der Waals surface area contributed by atoms with Gasteiger partial charge in [0.25, 0.3) is 0 Å². The fourth-order valence-electron chi connectivity index (χ4n) is 1.56. The third kappa shape index (κ3) is 1.56. The second-order valence-corrected chi connectivity index (χ2v) is 3.28. The molecule has 0 aromatic carbocycles. The molecule has 2 heterocycles. The lowest BCUT2D eigenvalue weighted by Crippen LogP contribution is -2.07. The molecule has 2 aromatic heterocycles. The first-order valence-electron chi connectivity index (χ1n) is 4.62. The summed E-state index contributed by atoms with van der Waals surface area (Å²) in [6.07, 6.45) is 3.95. The zero-order valence-electron chi connectivity index (χ0n) is 8.41. The zero-order chi connectivity index (χ0) is 9.97. The van der Waals surface area contributed by atoms with Crippen LogP contribution in [0.1, 0.15) is 5.69 Å². The van der Waals surface area contributed by atoms with Gasteiger partial charge < -0.3 is 10.3 Å². The summed E-state index contributed by atoms with van der Waals surface area (Å²) in [7, 11) is 3.86. The predicted octanol–water partition coefficient (Wildman–Crippen LogP) is 1.13. The van der Waals surface area contributed by atoms with E-state index in [9.17, 15) is 0 Å². The van der Waals surface area contributed by atoms with Gasteiger partial charge in [-0.15, -0.1) is 0 Å². The molecule has 0 atom stereocenters. The number of nitrogens with one attached hydrogen (secondary N) is 2. The van der Waals surface area contributed by atoms with E-state index in [0.29, 0.717) is 0 Å². The number of hydrogen-bond acceptors (Lipinski definition) is 2. The minimum Gasteiger partial charge on any atom is -0.361 e. The van der Waals surface area contributed by atoms with E-state index in [4.69, 9.17) is 0 Å². The third-order valence-electron chi connectivity index (χ3n) is 2.14. The summed E-state index contributed by atoms with van der Waals surface area (Å²) in [5.74, 6) is 0. The Morgan fingerprint density at radius 2 is 2.43 bits per heavy atom. The molecule has 0 saturated heterocycles. The van der Waals surface area contributed by atoms with E-state index in [2.05, 4.69) is 21.5 Å². The Hall–Kier alpha value is -1.55. The van der Waals surface area contributed by atoms with Crippen LogP contribution in [0.2, 0.25) is 0 Å². The quantitative estimate of drug-likeness (QED) is 0.762. The zero-order valence-corrected chi connectivity index (χ0v) is 8.41. The topological polar surface area (TPSA) is 45.6 Å². The van der Waals surface area contributed by atoms with E-state index < -0.39 is 0 Å². The molecular formula is C10H14N4. The smallest absolute Gasteiger partial charge is 0.0855 e. The van der Waals surface area contributed by atoms with Gasteiger partial charge in [-0.25, -0.2) is 0 Å². The molecule has 0 radical (unpaired) electrons. The van der Waals surface area contributed by atoms with Crippen molar-refractivity contribution in [2.75, 3.05) is 7.05 Å². The van der Waals surface area contributed by atoms with Gasteiger partial charge in [0.1, 0.15) is 0 Å². The fraction of sp³-hybridized carbons (Fsp3) is 0.300. The van der Waals surface area contributed by atoms with Crippen LogP contribution in [0.3, 0.4) is 0 Å². The van der Waals surface area contributed by atoms with E-state index in [1.54, 1.807) is 0 Å². The number of hydrogen-bond donors (Lipinski definition) is 2. The maximum absolute atomic E-state index is 4.39. The van der Waals surface area contributed by atoms with Crippen molar-refractivity contribution in [3.8, 4) is 11.3 Å². The molecule has 4 heteroatoms. The monoisotopic (exact) mass is 190 g/mol. The third-order valence-corrected chi connectivity index (χ3v) is 2.14. The molecule has 2 aromatic rings. The number of rotatable bonds is 3. The van der Waals surface area contributed by atoms with Gasteiger partial charge in [0, 0.05) is 37.2 Å². The van der Waals surface area contributed by atoms with Gasteiger partial charge in [0.15, 0.2) is 0 Å². The van der Waals surface area contributed by atoms with E-state index in [0.717, 1.165) is 23.5 Å². The van der Waals surface area contributed by atoms with E-state index in [1.807, 2.05) is 37.2 Å². The Labute approximate surface area is 82.9 Å². The average molecular weight is 190 g/mol. The molecule has 0 bridgehead atoms. The Kier molecular flexibility index (Phi) is 2.37. The molecule has 2 rings (SSSR count). The van der Waals surface area contributed by atoms with Crippen molar-refractivity contribution in [1.82, 2.24) is 20.1 Å². The van der Waals surface area contributed by atoms with Crippen molar-refractivity contribution in [1.29, 1.82) is 0 Å². The van der Waals surface area contributed by atoms with Crippen LogP contribution in [0, 0.1) is 0 Å². The Bertz CT molecular complexity index is 400. The van der Waals surface area contributed by atoms with Crippen molar-refractivity contribution in [2.45, 2.75) is 6.54 Å². The van der Waals surface area contributed by atoms with Crippen LogP contribution in [-0.4, -0.2) is 21.8 Å². The number of aromatic amines is 1. The maximum Gasteiger partial charge on any atom is 0.0855 e. The summed E-state index contributed by atoms with van der Waals surface area (Å²) in [4.78, 5) is 3.18. The van der Waals surface area contributed by atoms with Crippen LogP contribution in [0.4, 0.5) is 0 Å². The van der Waals surface area contributed by atoms with Crippen LogP contribution >= 0.6 is 0 Å². The first-order chi connectivity index (χ1) is 6.81. The van der Waals surface area contributed by atoms with Crippen LogP contribution in [-0.2, 0) is 13.6 Å². The molecule has 14 heavy (non-hydrogen) atoms. The first-order valence-corrected chi connectivity index (χ1v) is 4.62. The lowest BCUT2D eigenvalue weighted by Gasteiger charge is -1.98. The SMILES string of the molecule is CNCc1nn(C)cc1-c1ccc[nH]1. The number of aryl methyl sites for hydroxylation is 1. The van der Waals surface area contributed by atoms with Crippen molar-refractivity contribution in [3.05, 3.63) is 30.2 Å². The summed E-state index contributed by atoms with van der Waals surface area (Å²) in [5.41, 5.74) is 3.34. The number of H-pyrrole nitrogens is 1. The van der Waals surface area contributed by atoms with E-state index in [-0.39, 0.29) is 0 Å². The van der Waals surface area contributed by atoms with Crippen LogP contribution in [0.25, 0.3) is 11.3 Å². The highest BCUT2D eigenvalue weighted by Crippen LogP contribution is 2.20.